The molecule has 1 aromatic rings. The van der Waals surface area contributed by atoms with Crippen molar-refractivity contribution in [3.63, 3.8) is 0 Å². The van der Waals surface area contributed by atoms with Gasteiger partial charge in [0, 0.05) is 31.6 Å². The molecule has 2 rings (SSSR count). The second-order valence-corrected chi connectivity index (χ2v) is 6.03. The fourth-order valence-corrected chi connectivity index (χ4v) is 3.32. The van der Waals surface area contributed by atoms with Crippen LogP contribution in [0.25, 0.3) is 0 Å². The van der Waals surface area contributed by atoms with Crippen LogP contribution in [0.2, 0.25) is 0 Å². The number of piperazine rings is 1. The Hall–Kier alpha value is -1.71. The molecule has 0 saturated carbocycles. The Morgan fingerprint density at radius 3 is 3.10 bits per heavy atom. The highest BCUT2D eigenvalue weighted by Gasteiger charge is 2.30. The van der Waals surface area contributed by atoms with Crippen LogP contribution in [0.15, 0.2) is 23.1 Å². The Balaban J connectivity index is 2.41. The summed E-state index contributed by atoms with van der Waals surface area (Å²) in [6, 6.07) is 7.88. The van der Waals surface area contributed by atoms with Gasteiger partial charge < -0.3 is 15.5 Å². The number of nitrogens with zero attached hydrogens (tertiary/aromatic N) is 2. The average molecular weight is 304 g/mol. The smallest absolute Gasteiger partial charge is 0.243 e. The second kappa shape index (κ2) is 7.34. The third-order valence-corrected chi connectivity index (χ3v) is 4.46. The number of likely N-dealkylation sites (N-methyl/N-ethyl adjacent to an activating group) is 1. The van der Waals surface area contributed by atoms with E-state index in [1.165, 1.54) is 0 Å². The van der Waals surface area contributed by atoms with Gasteiger partial charge in [-0.05, 0) is 17.9 Å². The molecule has 1 aromatic carbocycles. The van der Waals surface area contributed by atoms with Crippen molar-refractivity contribution in [3.8, 4) is 6.07 Å². The normalized spacial score (nSPS) is 18.1. The van der Waals surface area contributed by atoms with E-state index in [2.05, 4.69) is 23.6 Å². The number of nitriles is 1. The number of carbonyl (C=O) groups is 1. The van der Waals surface area contributed by atoms with Crippen LogP contribution in [0.1, 0.15) is 12.5 Å². The molecule has 1 aliphatic rings. The third-order valence-electron chi connectivity index (χ3n) is 3.52. The van der Waals surface area contributed by atoms with Crippen molar-refractivity contribution in [2.24, 2.45) is 0 Å². The fourth-order valence-electron chi connectivity index (χ4n) is 2.54. The van der Waals surface area contributed by atoms with E-state index in [0.29, 0.717) is 18.7 Å². The zero-order valence-electron chi connectivity index (χ0n) is 12.3. The molecule has 1 fully saturated rings. The lowest BCUT2D eigenvalue weighted by molar-refractivity contribution is -0.122. The first kappa shape index (κ1) is 15.7. The monoisotopic (exact) mass is 304 g/mol. The summed E-state index contributed by atoms with van der Waals surface area (Å²) in [5.74, 6) is 0.887. The number of thioether (sulfide) groups is 1. The molecule has 0 radical (unpaired) electrons. The van der Waals surface area contributed by atoms with E-state index in [-0.39, 0.29) is 11.9 Å². The highest BCUT2D eigenvalue weighted by atomic mass is 32.2. The van der Waals surface area contributed by atoms with Crippen molar-refractivity contribution < 1.29 is 4.79 Å². The van der Waals surface area contributed by atoms with Crippen molar-refractivity contribution in [2.75, 3.05) is 37.3 Å². The summed E-state index contributed by atoms with van der Waals surface area (Å²) < 4.78 is 0. The lowest BCUT2D eigenvalue weighted by atomic mass is 10.1. The van der Waals surface area contributed by atoms with E-state index >= 15 is 0 Å². The summed E-state index contributed by atoms with van der Waals surface area (Å²) in [7, 11) is 1.64. The molecule has 6 heteroatoms. The van der Waals surface area contributed by atoms with Crippen LogP contribution in [0, 0.1) is 11.3 Å². The lowest BCUT2D eigenvalue weighted by Crippen LogP contribution is -2.57. The van der Waals surface area contributed by atoms with Crippen molar-refractivity contribution in [1.82, 2.24) is 10.6 Å². The van der Waals surface area contributed by atoms with E-state index in [0.717, 1.165) is 22.9 Å². The number of amides is 1. The Morgan fingerprint density at radius 1 is 1.62 bits per heavy atom. The molecule has 5 nitrogen and oxygen atoms in total. The minimum Gasteiger partial charge on any atom is -0.357 e. The summed E-state index contributed by atoms with van der Waals surface area (Å²) in [6.07, 6.45) is 0. The van der Waals surface area contributed by atoms with E-state index in [1.807, 2.05) is 23.1 Å². The number of benzene rings is 1. The van der Waals surface area contributed by atoms with Crippen LogP contribution >= 0.6 is 11.8 Å². The van der Waals surface area contributed by atoms with Gasteiger partial charge in [0.1, 0.15) is 12.1 Å². The Labute approximate surface area is 129 Å². The highest BCUT2D eigenvalue weighted by molar-refractivity contribution is 7.99. The zero-order chi connectivity index (χ0) is 15.2. The molecule has 1 heterocycles. The lowest BCUT2D eigenvalue weighted by Gasteiger charge is -2.37. The number of hydrogen-bond donors (Lipinski definition) is 2. The summed E-state index contributed by atoms with van der Waals surface area (Å²) >= 11 is 1.65. The van der Waals surface area contributed by atoms with Gasteiger partial charge in [0.25, 0.3) is 0 Å². The number of anilines is 1. The van der Waals surface area contributed by atoms with Gasteiger partial charge >= 0.3 is 0 Å². The summed E-state index contributed by atoms with van der Waals surface area (Å²) in [6.45, 7) is 4.18. The van der Waals surface area contributed by atoms with Gasteiger partial charge in [-0.3, -0.25) is 4.79 Å². The van der Waals surface area contributed by atoms with Crippen LogP contribution in [0.4, 0.5) is 5.69 Å². The van der Waals surface area contributed by atoms with Crippen molar-refractivity contribution in [1.29, 1.82) is 5.26 Å². The molecular formula is C15H20N4OS. The minimum absolute atomic E-state index is 0.0281. The van der Waals surface area contributed by atoms with Crippen molar-refractivity contribution in [2.45, 2.75) is 17.9 Å². The molecule has 1 unspecified atom stereocenters. The van der Waals surface area contributed by atoms with Crippen molar-refractivity contribution in [3.05, 3.63) is 23.8 Å². The molecule has 0 spiro atoms. The quantitative estimate of drug-likeness (QED) is 0.818. The Kier molecular flexibility index (Phi) is 5.48. The summed E-state index contributed by atoms with van der Waals surface area (Å²) in [5.41, 5.74) is 1.52. The van der Waals surface area contributed by atoms with E-state index in [9.17, 15) is 10.1 Å². The number of hydrogen-bond acceptors (Lipinski definition) is 5. The maximum absolute atomic E-state index is 12.1. The molecule has 112 valence electrons. The van der Waals surface area contributed by atoms with Crippen LogP contribution in [0.5, 0.6) is 0 Å². The molecule has 2 N–H and O–H groups in total. The Bertz CT molecular complexity index is 555. The SMILES string of the molecule is CCSc1cccc(N2CCNCC2C(=O)NC)c1C#N. The third kappa shape index (κ3) is 3.31. The first-order valence-electron chi connectivity index (χ1n) is 7.07. The van der Waals surface area contributed by atoms with Gasteiger partial charge in [0.05, 0.1) is 11.3 Å². The first-order chi connectivity index (χ1) is 10.2. The summed E-state index contributed by atoms with van der Waals surface area (Å²) in [5, 5.41) is 15.5. The highest BCUT2D eigenvalue weighted by Crippen LogP contribution is 2.31. The fraction of sp³-hybridized carbons (Fsp3) is 0.467. The summed E-state index contributed by atoms with van der Waals surface area (Å²) in [4.78, 5) is 15.1. The van der Waals surface area contributed by atoms with Crippen molar-refractivity contribution >= 4 is 23.4 Å². The zero-order valence-corrected chi connectivity index (χ0v) is 13.2. The van der Waals surface area contributed by atoms with Gasteiger partial charge in [0.15, 0.2) is 0 Å². The molecular weight excluding hydrogens is 284 g/mol. The van der Waals surface area contributed by atoms with Crippen LogP contribution < -0.4 is 15.5 Å². The average Bonchev–Trinajstić information content (AvgIpc) is 2.54. The molecule has 1 aliphatic heterocycles. The first-order valence-corrected chi connectivity index (χ1v) is 8.06. The Morgan fingerprint density at radius 2 is 2.43 bits per heavy atom. The number of rotatable bonds is 4. The largest absolute Gasteiger partial charge is 0.357 e. The predicted molar refractivity (Wildman–Crippen MR) is 85.6 cm³/mol. The van der Waals surface area contributed by atoms with Crippen LogP contribution in [-0.2, 0) is 4.79 Å². The molecule has 1 atom stereocenters. The number of nitrogens with one attached hydrogen (secondary N) is 2. The molecule has 1 amide bonds. The maximum Gasteiger partial charge on any atom is 0.243 e. The van der Waals surface area contributed by atoms with E-state index in [1.54, 1.807) is 18.8 Å². The van der Waals surface area contributed by atoms with Crippen LogP contribution in [-0.4, -0.2) is 44.4 Å². The van der Waals surface area contributed by atoms with Gasteiger partial charge in [-0.25, -0.2) is 0 Å². The van der Waals surface area contributed by atoms with Gasteiger partial charge in [-0.15, -0.1) is 11.8 Å². The van der Waals surface area contributed by atoms with E-state index in [4.69, 9.17) is 0 Å². The molecule has 0 bridgehead atoms. The second-order valence-electron chi connectivity index (χ2n) is 4.72. The predicted octanol–water partition coefficient (Wildman–Crippen LogP) is 1.19. The number of carbonyl (C=O) groups excluding carboxylic acids is 1. The molecule has 1 saturated heterocycles. The van der Waals surface area contributed by atoms with Gasteiger partial charge in [-0.1, -0.05) is 13.0 Å². The molecule has 0 aromatic heterocycles. The molecule has 0 aliphatic carbocycles. The molecule has 21 heavy (non-hydrogen) atoms. The van der Waals surface area contributed by atoms with Crippen LogP contribution in [0.3, 0.4) is 0 Å². The topological polar surface area (TPSA) is 68.2 Å². The minimum atomic E-state index is -0.280. The standard InChI is InChI=1S/C15H20N4OS/c1-3-21-14-6-4-5-12(11(14)9-16)19-8-7-18-10-13(19)15(20)17-2/h4-6,13,18H,3,7-8,10H2,1-2H3,(H,17,20). The van der Waals surface area contributed by atoms with Gasteiger partial charge in [0.2, 0.25) is 5.91 Å². The van der Waals surface area contributed by atoms with Gasteiger partial charge in [-0.2, -0.15) is 5.26 Å². The maximum atomic E-state index is 12.1. The van der Waals surface area contributed by atoms with E-state index < -0.39 is 0 Å².